The highest BCUT2D eigenvalue weighted by molar-refractivity contribution is 5.88. The second-order valence-corrected chi connectivity index (χ2v) is 29.5. The van der Waals surface area contributed by atoms with Crippen LogP contribution < -0.4 is 0 Å². The molecule has 4 saturated heterocycles. The molecule has 0 aromatic rings. The summed E-state index contributed by atoms with van der Waals surface area (Å²) in [6, 6.07) is 0. The highest BCUT2D eigenvalue weighted by Crippen LogP contribution is 2.76. The summed E-state index contributed by atoms with van der Waals surface area (Å²) in [4.78, 5) is 53.7. The van der Waals surface area contributed by atoms with Crippen molar-refractivity contribution in [2.45, 2.75) is 276 Å². The lowest BCUT2D eigenvalue weighted by atomic mass is 9.33. The predicted octanol–water partition coefficient (Wildman–Crippen LogP) is 0.803. The zero-order valence-electron chi connectivity index (χ0n) is 55.8. The van der Waals surface area contributed by atoms with Gasteiger partial charge in [-0.25, -0.2) is 14.4 Å². The van der Waals surface area contributed by atoms with Gasteiger partial charge in [-0.05, 0) is 124 Å². The van der Waals surface area contributed by atoms with E-state index in [0.29, 0.717) is 38.5 Å². The molecule has 0 unspecified atom stereocenters. The van der Waals surface area contributed by atoms with Crippen molar-refractivity contribution in [3.05, 3.63) is 34.9 Å². The Labute approximate surface area is 542 Å². The molecule has 0 aromatic heterocycles. The van der Waals surface area contributed by atoms with Gasteiger partial charge in [0.15, 0.2) is 43.5 Å². The van der Waals surface area contributed by atoms with Crippen LogP contribution in [0.1, 0.15) is 135 Å². The fourth-order valence-corrected chi connectivity index (χ4v) is 18.1. The molecule has 0 spiro atoms. The number of allylic oxidation sites excluding steroid dienone is 4. The van der Waals surface area contributed by atoms with Crippen LogP contribution in [0.4, 0.5) is 0 Å². The number of rotatable bonds is 17. The smallest absolute Gasteiger partial charge is 0.337 e. The number of ether oxygens (including phenoxy) is 12. The lowest BCUT2D eigenvalue weighted by Crippen LogP contribution is -2.73. The Morgan fingerprint density at radius 3 is 1.71 bits per heavy atom. The van der Waals surface area contributed by atoms with Crippen LogP contribution in [0, 0.1) is 50.2 Å². The van der Waals surface area contributed by atoms with E-state index in [2.05, 4.69) is 40.7 Å². The fourth-order valence-electron chi connectivity index (χ4n) is 18.1. The van der Waals surface area contributed by atoms with E-state index < -0.39 is 223 Å². The van der Waals surface area contributed by atoms with Crippen LogP contribution in [-0.2, 0) is 76.0 Å². The average Bonchev–Trinajstić information content (AvgIpc) is 0.890. The Morgan fingerprint density at radius 1 is 0.591 bits per heavy atom. The molecular weight excluding hydrogens is 1220 g/mol. The predicted molar refractivity (Wildman–Crippen MR) is 321 cm³/mol. The molecule has 9 rings (SSSR count). The maximum atomic E-state index is 13.6. The Kier molecular flexibility index (Phi) is 21.8. The van der Waals surface area contributed by atoms with Gasteiger partial charge in [-0.15, -0.1) is 0 Å². The molecule has 30 atom stereocenters. The maximum Gasteiger partial charge on any atom is 0.337 e. The number of hydrogen-bond donors (Lipinski definition) is 11. The van der Waals surface area contributed by atoms with Crippen molar-refractivity contribution in [3.63, 3.8) is 0 Å². The minimum Gasteiger partial charge on any atom is -0.467 e. The van der Waals surface area contributed by atoms with Crippen molar-refractivity contribution >= 4 is 23.9 Å². The number of fused-ring (bicyclic) bond motifs is 7. The van der Waals surface area contributed by atoms with Gasteiger partial charge in [-0.1, -0.05) is 72.3 Å². The molecule has 4 heterocycles. The summed E-state index contributed by atoms with van der Waals surface area (Å²) in [5.41, 5.74) is -3.44. The molecule has 93 heavy (non-hydrogen) atoms. The molecule has 4 saturated carbocycles. The molecule has 528 valence electrons. The largest absolute Gasteiger partial charge is 0.467 e. The number of carbonyl (C=O) groups is 4. The summed E-state index contributed by atoms with van der Waals surface area (Å²) in [6.45, 7) is 21.7. The fraction of sp³-hybridized carbons (Fsp3) is 0.848. The first-order valence-corrected chi connectivity index (χ1v) is 32.7. The molecule has 27 heteroatoms. The van der Waals surface area contributed by atoms with Crippen LogP contribution in [0.15, 0.2) is 34.9 Å². The highest BCUT2D eigenvalue weighted by atomic mass is 16.8. The van der Waals surface area contributed by atoms with E-state index in [1.54, 1.807) is 33.8 Å². The highest BCUT2D eigenvalue weighted by Gasteiger charge is 2.74. The zero-order valence-corrected chi connectivity index (χ0v) is 55.8. The molecule has 5 aliphatic carbocycles. The topological polar surface area (TPSA) is 402 Å². The van der Waals surface area contributed by atoms with Gasteiger partial charge < -0.3 is 113 Å². The maximum absolute atomic E-state index is 13.6. The van der Waals surface area contributed by atoms with Crippen LogP contribution in [-0.4, -0.2) is 248 Å². The average molecular weight is 1330 g/mol. The van der Waals surface area contributed by atoms with Gasteiger partial charge in [0.1, 0.15) is 79.4 Å². The zero-order chi connectivity index (χ0) is 68.7. The summed E-state index contributed by atoms with van der Waals surface area (Å²) in [7, 11) is 1.06. The minimum atomic E-state index is -2.00. The van der Waals surface area contributed by atoms with E-state index in [0.717, 1.165) is 12.7 Å². The van der Waals surface area contributed by atoms with Gasteiger partial charge in [0, 0.05) is 18.1 Å². The third-order valence-corrected chi connectivity index (χ3v) is 23.8. The van der Waals surface area contributed by atoms with E-state index in [4.69, 9.17) is 56.8 Å². The van der Waals surface area contributed by atoms with Crippen LogP contribution in [0.3, 0.4) is 0 Å². The van der Waals surface area contributed by atoms with Gasteiger partial charge in [-0.2, -0.15) is 0 Å². The van der Waals surface area contributed by atoms with Gasteiger partial charge in [0.05, 0.1) is 50.7 Å². The molecule has 27 nitrogen and oxygen atoms in total. The molecule has 0 radical (unpaired) electrons. The Balaban J connectivity index is 1.02. The van der Waals surface area contributed by atoms with E-state index in [9.17, 15) is 75.3 Å². The van der Waals surface area contributed by atoms with E-state index >= 15 is 0 Å². The van der Waals surface area contributed by atoms with Crippen molar-refractivity contribution in [3.8, 4) is 0 Å². The lowest BCUT2D eigenvalue weighted by molar-refractivity contribution is -0.386. The molecule has 0 bridgehead atoms. The van der Waals surface area contributed by atoms with Gasteiger partial charge in [-0.3, -0.25) is 4.79 Å². The summed E-state index contributed by atoms with van der Waals surface area (Å²) < 4.78 is 73.5. The number of hydrogen-bond acceptors (Lipinski definition) is 27. The monoisotopic (exact) mass is 1330 g/mol. The molecular formula is C66H102O27. The van der Waals surface area contributed by atoms with Crippen molar-refractivity contribution in [1.29, 1.82) is 0 Å². The first-order chi connectivity index (χ1) is 43.5. The number of aliphatic hydroxyl groups is 11. The molecule has 9 aliphatic rings. The minimum absolute atomic E-state index is 0.0279. The van der Waals surface area contributed by atoms with E-state index in [1.165, 1.54) is 19.9 Å². The third-order valence-electron chi connectivity index (χ3n) is 23.8. The number of aliphatic hydroxyl groups excluding tert-OH is 11. The van der Waals surface area contributed by atoms with Gasteiger partial charge in [0.25, 0.3) is 0 Å². The SMILES string of the molecule is C/C=C(/C)C(=O)O[C@@H]1[C@@H](OC(=O)/C(C)=C\C)[C@@H](O)[C@H](O[C@H]2[C@H](OC(C)=O)[C@]3(CO)[C@H](O)C[C@]4(C)C(=CC[C@@H]5[C@@]6(C)CC[C@H](O[C@@H]7O[C@H](C(=O)OC)[C@@H](O)[C@H](O[C@@H]8O[C@@H](CO)[C@H](O)[C@H]8O)[C@H]7O[C@@H]7O[C@H](CO)[C@H](O)[C@H](O)[C@H]7O)C(C)(C)[C@@H]6CC[C@]54C)[C@@H]3CC2(C)C)O[C@H]1C. The number of esters is 4. The van der Waals surface area contributed by atoms with Crippen molar-refractivity contribution in [1.82, 2.24) is 0 Å². The summed E-state index contributed by atoms with van der Waals surface area (Å²) in [6.07, 6.45) is -27.8. The van der Waals surface area contributed by atoms with Crippen molar-refractivity contribution in [2.75, 3.05) is 26.9 Å². The second-order valence-electron chi connectivity index (χ2n) is 29.5. The lowest BCUT2D eigenvalue weighted by Gasteiger charge is -2.72. The number of carbonyl (C=O) groups excluding carboxylic acids is 4. The van der Waals surface area contributed by atoms with Crippen LogP contribution in [0.5, 0.6) is 0 Å². The number of methoxy groups -OCH3 is 1. The first kappa shape index (κ1) is 73.6. The molecule has 0 amide bonds. The quantitative estimate of drug-likeness (QED) is 0.0315. The van der Waals surface area contributed by atoms with Crippen LogP contribution in [0.25, 0.3) is 0 Å². The van der Waals surface area contributed by atoms with Crippen LogP contribution >= 0.6 is 0 Å². The summed E-state index contributed by atoms with van der Waals surface area (Å²) >= 11 is 0. The van der Waals surface area contributed by atoms with E-state index in [1.807, 2.05) is 13.8 Å². The Bertz CT molecular complexity index is 2810. The van der Waals surface area contributed by atoms with Crippen LogP contribution in [0.2, 0.25) is 0 Å². The molecule has 8 fully saturated rings. The molecule has 4 aliphatic heterocycles. The van der Waals surface area contributed by atoms with Crippen molar-refractivity contribution < 1.29 is 132 Å². The van der Waals surface area contributed by atoms with Crippen molar-refractivity contribution in [2.24, 2.45) is 50.2 Å². The van der Waals surface area contributed by atoms with E-state index in [-0.39, 0.29) is 29.4 Å². The standard InChI is InChI=1S/C66H102O27/c1-15-28(3)54(79)88-47-30(5)83-59(46(78)49(47)89-55(80)29(4)16-2)93-52-53(84-31(6)70)66(27-69)33(23-61(52,7)8)32-17-18-37-63(11)21-20-39(62(9,10)36(63)19-22-64(37,12)65(32,13)24-38(66)71)87-60-51(92-58-44(76)42(74)40(72)34(25-67)85-58)48(45(77)50(91-60)56(81)82-14)90-57-43(75)41(73)35(26-68)86-57/h15-17,30,33-53,57-60,67-69,71-78H,18-27H2,1-14H3/b28-15-,29-16-/t30-,33-,34+,35-,36-,37+,38+,39-,40-,41-,42-,43+,44+,45-,46+,47-,48-,49-,50-,51+,52-,53-,57-,58-,59-,60+,63-,64+,65+,66-/m0/s1. The van der Waals surface area contributed by atoms with Gasteiger partial charge >= 0.3 is 23.9 Å². The third kappa shape index (κ3) is 12.5. The first-order valence-electron chi connectivity index (χ1n) is 32.7. The molecule has 11 N–H and O–H groups in total. The summed E-state index contributed by atoms with van der Waals surface area (Å²) in [5, 5.41) is 124. The second kappa shape index (κ2) is 27.6. The Morgan fingerprint density at radius 2 is 1.15 bits per heavy atom. The normalized spacial score (nSPS) is 47.9. The summed E-state index contributed by atoms with van der Waals surface area (Å²) in [5.74, 6) is -4.00. The molecule has 0 aromatic carbocycles. The van der Waals surface area contributed by atoms with Gasteiger partial charge in [0.2, 0.25) is 0 Å². The Hall–Kier alpha value is -3.66.